The fraction of sp³-hybridized carbons (Fsp3) is 0.500. The van der Waals surface area contributed by atoms with Gasteiger partial charge in [0.05, 0.1) is 31.6 Å². The second kappa shape index (κ2) is 6.92. The number of esters is 3. The van der Waals surface area contributed by atoms with E-state index in [0.717, 1.165) is 0 Å². The first kappa shape index (κ1) is 16.7. The van der Waals surface area contributed by atoms with Crippen LogP contribution in [0.1, 0.15) is 36.8 Å². The predicted octanol–water partition coefficient (Wildman–Crippen LogP) is 1.19. The largest absolute Gasteiger partial charge is 0.465 e. The Bertz CT molecular complexity index is 515. The maximum atomic E-state index is 12.2. The van der Waals surface area contributed by atoms with Crippen LogP contribution >= 0.6 is 0 Å². The lowest BCUT2D eigenvalue weighted by atomic mass is 9.84. The van der Waals surface area contributed by atoms with Crippen LogP contribution in [0.25, 0.3) is 0 Å². The Hall–Kier alpha value is -2.31. The molecule has 0 unspecified atom stereocenters. The molecule has 0 aliphatic heterocycles. The average Bonchev–Trinajstić information content (AvgIpc) is 2.95. The third-order valence-electron chi connectivity index (χ3n) is 3.02. The van der Waals surface area contributed by atoms with E-state index in [0.29, 0.717) is 0 Å². The summed E-state index contributed by atoms with van der Waals surface area (Å²) in [5.41, 5.74) is -1.59. The third kappa shape index (κ3) is 3.07. The van der Waals surface area contributed by atoms with Crippen LogP contribution in [0.5, 0.6) is 0 Å². The number of methoxy groups -OCH3 is 1. The van der Waals surface area contributed by atoms with Crippen LogP contribution in [0, 0.1) is 0 Å². The van der Waals surface area contributed by atoms with E-state index in [9.17, 15) is 14.4 Å². The number of aromatic nitrogens is 1. The molecule has 0 atom stereocenters. The van der Waals surface area contributed by atoms with Crippen LogP contribution < -0.4 is 0 Å². The van der Waals surface area contributed by atoms with Gasteiger partial charge < -0.3 is 19.2 Å². The van der Waals surface area contributed by atoms with Gasteiger partial charge in [-0.15, -0.1) is 0 Å². The van der Waals surface area contributed by atoms with Crippen LogP contribution in [-0.2, 0) is 29.2 Å². The Kier molecular flexibility index (Phi) is 5.52. The molecule has 0 aliphatic rings. The molecule has 1 N–H and O–H groups in total. The first-order valence-electron chi connectivity index (χ1n) is 6.54. The summed E-state index contributed by atoms with van der Waals surface area (Å²) in [7, 11) is 1.21. The second-order valence-corrected chi connectivity index (χ2v) is 4.32. The van der Waals surface area contributed by atoms with Gasteiger partial charge in [-0.1, -0.05) is 0 Å². The molecule has 116 valence electrons. The summed E-state index contributed by atoms with van der Waals surface area (Å²) in [5.74, 6) is -2.25. The van der Waals surface area contributed by atoms with Gasteiger partial charge in [-0.2, -0.15) is 0 Å². The Morgan fingerprint density at radius 2 is 1.67 bits per heavy atom. The lowest BCUT2D eigenvalue weighted by molar-refractivity contribution is -0.164. The summed E-state index contributed by atoms with van der Waals surface area (Å²) in [6.07, 6.45) is 1.44. The molecule has 0 spiro atoms. The first-order valence-corrected chi connectivity index (χ1v) is 6.54. The van der Waals surface area contributed by atoms with E-state index in [1.165, 1.54) is 26.3 Å². The van der Waals surface area contributed by atoms with Gasteiger partial charge in [-0.3, -0.25) is 9.59 Å². The molecule has 21 heavy (non-hydrogen) atoms. The average molecular weight is 297 g/mol. The van der Waals surface area contributed by atoms with E-state index in [1.54, 1.807) is 13.8 Å². The summed E-state index contributed by atoms with van der Waals surface area (Å²) in [6, 6.07) is 1.43. The molecule has 0 amide bonds. The number of rotatable bonds is 6. The smallest absolute Gasteiger partial charge is 0.339 e. The van der Waals surface area contributed by atoms with Crippen molar-refractivity contribution in [2.24, 2.45) is 0 Å². The highest BCUT2D eigenvalue weighted by atomic mass is 16.6. The van der Waals surface area contributed by atoms with E-state index in [-0.39, 0.29) is 24.5 Å². The van der Waals surface area contributed by atoms with Crippen molar-refractivity contribution in [2.45, 2.75) is 26.2 Å². The minimum atomic E-state index is -1.76. The van der Waals surface area contributed by atoms with Crippen LogP contribution in [-0.4, -0.2) is 43.2 Å². The zero-order valence-electron chi connectivity index (χ0n) is 12.5. The van der Waals surface area contributed by atoms with Gasteiger partial charge in [0.2, 0.25) is 5.41 Å². The van der Waals surface area contributed by atoms with E-state index in [4.69, 9.17) is 9.47 Å². The monoisotopic (exact) mass is 297 g/mol. The number of carbonyl (C=O) groups excluding carboxylic acids is 3. The zero-order valence-corrected chi connectivity index (χ0v) is 12.5. The van der Waals surface area contributed by atoms with Crippen molar-refractivity contribution in [2.75, 3.05) is 20.3 Å². The number of hydrogen-bond acceptors (Lipinski definition) is 6. The molecule has 7 heteroatoms. The molecule has 0 aromatic carbocycles. The van der Waals surface area contributed by atoms with Crippen LogP contribution in [0.2, 0.25) is 0 Å². The van der Waals surface area contributed by atoms with Crippen molar-refractivity contribution >= 4 is 17.9 Å². The predicted molar refractivity (Wildman–Crippen MR) is 72.8 cm³/mol. The molecule has 0 saturated carbocycles. The number of hydrogen-bond donors (Lipinski definition) is 1. The zero-order chi connectivity index (χ0) is 16.0. The second-order valence-electron chi connectivity index (χ2n) is 4.32. The number of H-pyrrole nitrogens is 1. The highest BCUT2D eigenvalue weighted by Gasteiger charge is 2.49. The van der Waals surface area contributed by atoms with Gasteiger partial charge in [0, 0.05) is 6.20 Å². The highest BCUT2D eigenvalue weighted by Crippen LogP contribution is 2.29. The van der Waals surface area contributed by atoms with Gasteiger partial charge in [-0.05, 0) is 26.8 Å². The van der Waals surface area contributed by atoms with Gasteiger partial charge >= 0.3 is 17.9 Å². The van der Waals surface area contributed by atoms with Gasteiger partial charge in [0.1, 0.15) is 0 Å². The van der Waals surface area contributed by atoms with Crippen molar-refractivity contribution in [3.63, 3.8) is 0 Å². The maximum absolute atomic E-state index is 12.2. The fourth-order valence-electron chi connectivity index (χ4n) is 1.90. The van der Waals surface area contributed by atoms with Crippen LogP contribution in [0.3, 0.4) is 0 Å². The van der Waals surface area contributed by atoms with Crippen molar-refractivity contribution in [1.82, 2.24) is 4.98 Å². The minimum absolute atomic E-state index is 0.0844. The summed E-state index contributed by atoms with van der Waals surface area (Å²) in [5, 5.41) is 0. The summed E-state index contributed by atoms with van der Waals surface area (Å²) >= 11 is 0. The first-order chi connectivity index (χ1) is 9.93. The molecule has 0 bridgehead atoms. The molecule has 0 radical (unpaired) electrons. The number of carbonyl (C=O) groups is 3. The fourth-order valence-corrected chi connectivity index (χ4v) is 1.90. The Morgan fingerprint density at radius 3 is 2.10 bits per heavy atom. The molecule has 7 nitrogen and oxygen atoms in total. The number of aromatic amines is 1. The Balaban J connectivity index is 3.37. The van der Waals surface area contributed by atoms with E-state index in [2.05, 4.69) is 9.72 Å². The van der Waals surface area contributed by atoms with Crippen molar-refractivity contribution in [3.05, 3.63) is 23.5 Å². The van der Waals surface area contributed by atoms with Crippen molar-refractivity contribution in [3.8, 4) is 0 Å². The van der Waals surface area contributed by atoms with Crippen molar-refractivity contribution < 1.29 is 28.6 Å². The molecule has 1 aromatic heterocycles. The Labute approximate surface area is 122 Å². The molecular weight excluding hydrogens is 278 g/mol. The summed E-state index contributed by atoms with van der Waals surface area (Å²) < 4.78 is 14.6. The van der Waals surface area contributed by atoms with E-state index >= 15 is 0 Å². The van der Waals surface area contributed by atoms with Gasteiger partial charge in [0.25, 0.3) is 0 Å². The molecule has 1 aromatic rings. The lowest BCUT2D eigenvalue weighted by Gasteiger charge is -2.25. The van der Waals surface area contributed by atoms with Gasteiger partial charge in [-0.25, -0.2) is 4.79 Å². The van der Waals surface area contributed by atoms with E-state index < -0.39 is 23.3 Å². The number of nitrogens with one attached hydrogen (secondary N) is 1. The topological polar surface area (TPSA) is 94.7 Å². The highest BCUT2D eigenvalue weighted by molar-refractivity contribution is 6.08. The lowest BCUT2D eigenvalue weighted by Crippen LogP contribution is -2.45. The standard InChI is InChI=1S/C14H19NO6/c1-5-20-12(17)14(3,13(18)21-6-2)10-9(7-8-15-10)11(16)19-4/h7-8,15H,5-6H2,1-4H3. The quantitative estimate of drug-likeness (QED) is 0.481. The number of ether oxygens (including phenoxy) is 3. The maximum Gasteiger partial charge on any atom is 0.339 e. The molecule has 1 rings (SSSR count). The molecule has 1 heterocycles. The summed E-state index contributed by atoms with van der Waals surface area (Å²) in [4.78, 5) is 39.0. The van der Waals surface area contributed by atoms with Crippen LogP contribution in [0.4, 0.5) is 0 Å². The van der Waals surface area contributed by atoms with Crippen molar-refractivity contribution in [1.29, 1.82) is 0 Å². The SMILES string of the molecule is CCOC(=O)C(C)(C(=O)OCC)c1[nH]ccc1C(=O)OC. The molecular formula is C14H19NO6. The molecule has 0 saturated heterocycles. The minimum Gasteiger partial charge on any atom is -0.465 e. The summed E-state index contributed by atoms with van der Waals surface area (Å²) in [6.45, 7) is 4.80. The van der Waals surface area contributed by atoms with Gasteiger partial charge in [0.15, 0.2) is 0 Å². The Morgan fingerprint density at radius 1 is 1.14 bits per heavy atom. The molecule has 0 aliphatic carbocycles. The van der Waals surface area contributed by atoms with E-state index in [1.807, 2.05) is 0 Å². The van der Waals surface area contributed by atoms with Crippen LogP contribution in [0.15, 0.2) is 12.3 Å². The normalized spacial score (nSPS) is 10.9. The molecule has 0 fully saturated rings. The third-order valence-corrected chi connectivity index (χ3v) is 3.02.